The van der Waals surface area contributed by atoms with Gasteiger partial charge in [0.05, 0.1) is 11.9 Å². The largest absolute Gasteiger partial charge is 0.399 e. The van der Waals surface area contributed by atoms with E-state index in [1.54, 1.807) is 30.6 Å². The molecule has 0 bridgehead atoms. The topological polar surface area (TPSA) is 94.0 Å². The van der Waals surface area contributed by atoms with Crippen molar-refractivity contribution in [3.05, 3.63) is 47.8 Å². The Kier molecular flexibility index (Phi) is 3.14. The highest BCUT2D eigenvalue weighted by atomic mass is 16.1. The molecule has 0 aliphatic heterocycles. The van der Waals surface area contributed by atoms with Crippen LogP contribution in [0.4, 0.5) is 17.1 Å². The van der Waals surface area contributed by atoms with Gasteiger partial charge < -0.3 is 16.8 Å². The average molecular weight is 242 g/mol. The molecule has 0 radical (unpaired) electrons. The Balaban J connectivity index is 2.25. The number of rotatable bonds is 2. The number of benzene rings is 1. The number of amides is 1. The van der Waals surface area contributed by atoms with Crippen LogP contribution < -0.4 is 16.8 Å². The first kappa shape index (κ1) is 11.9. The van der Waals surface area contributed by atoms with Crippen LogP contribution in [0.2, 0.25) is 0 Å². The van der Waals surface area contributed by atoms with Crippen molar-refractivity contribution in [1.29, 1.82) is 0 Å². The molecule has 0 saturated heterocycles. The Bertz CT molecular complexity index is 575. The molecule has 1 heterocycles. The van der Waals surface area contributed by atoms with Crippen LogP contribution in [0, 0.1) is 6.92 Å². The molecule has 0 aliphatic carbocycles. The van der Waals surface area contributed by atoms with E-state index in [-0.39, 0.29) is 5.91 Å². The summed E-state index contributed by atoms with van der Waals surface area (Å²) in [7, 11) is 0. The number of nitrogens with zero attached hydrogens (tertiary/aromatic N) is 1. The molecule has 0 unspecified atom stereocenters. The van der Waals surface area contributed by atoms with Gasteiger partial charge in [0.1, 0.15) is 0 Å². The van der Waals surface area contributed by atoms with E-state index in [9.17, 15) is 4.79 Å². The third kappa shape index (κ3) is 2.57. The van der Waals surface area contributed by atoms with Crippen LogP contribution in [0.3, 0.4) is 0 Å². The normalized spacial score (nSPS) is 10.1. The first-order chi connectivity index (χ1) is 8.56. The van der Waals surface area contributed by atoms with Crippen LogP contribution in [-0.2, 0) is 0 Å². The molecule has 0 aliphatic rings. The molecule has 1 aromatic heterocycles. The van der Waals surface area contributed by atoms with E-state index < -0.39 is 0 Å². The Hall–Kier alpha value is -2.56. The monoisotopic (exact) mass is 242 g/mol. The summed E-state index contributed by atoms with van der Waals surface area (Å²) in [6, 6.07) is 6.59. The summed E-state index contributed by atoms with van der Waals surface area (Å²) in [5.74, 6) is -0.259. The number of pyridine rings is 1. The molecule has 0 fully saturated rings. The summed E-state index contributed by atoms with van der Waals surface area (Å²) in [6.45, 7) is 1.89. The van der Waals surface area contributed by atoms with Crippen molar-refractivity contribution in [2.75, 3.05) is 16.8 Å². The number of nitrogens with two attached hydrogens (primary N) is 2. The molecule has 2 rings (SSSR count). The molecule has 5 N–H and O–H groups in total. The lowest BCUT2D eigenvalue weighted by molar-refractivity contribution is 0.102. The van der Waals surface area contributed by atoms with E-state index in [2.05, 4.69) is 10.3 Å². The molecule has 5 nitrogen and oxygen atoms in total. The van der Waals surface area contributed by atoms with Crippen LogP contribution in [0.15, 0.2) is 36.7 Å². The third-order valence-electron chi connectivity index (χ3n) is 2.53. The number of carbonyl (C=O) groups is 1. The van der Waals surface area contributed by atoms with Gasteiger partial charge in [0, 0.05) is 23.1 Å². The molecule has 1 aromatic carbocycles. The molecule has 1 amide bonds. The standard InChI is InChI=1S/C13H14N4O/c1-8-2-3-16-7-12(8)17-13(18)9-4-10(14)6-11(15)5-9/h2-7H,14-15H2,1H3,(H,17,18). The Morgan fingerprint density at radius 2 is 1.89 bits per heavy atom. The van der Waals surface area contributed by atoms with Crippen LogP contribution in [0.5, 0.6) is 0 Å². The number of nitrogens with one attached hydrogen (secondary N) is 1. The number of hydrogen-bond donors (Lipinski definition) is 3. The van der Waals surface area contributed by atoms with Crippen molar-refractivity contribution >= 4 is 23.0 Å². The van der Waals surface area contributed by atoms with Crippen LogP contribution >= 0.6 is 0 Å². The number of hydrogen-bond acceptors (Lipinski definition) is 4. The molecular formula is C13H14N4O. The van der Waals surface area contributed by atoms with E-state index in [1.165, 1.54) is 0 Å². The fraction of sp³-hybridized carbons (Fsp3) is 0.0769. The highest BCUT2D eigenvalue weighted by Crippen LogP contribution is 2.17. The fourth-order valence-electron chi connectivity index (χ4n) is 1.60. The molecule has 92 valence electrons. The zero-order chi connectivity index (χ0) is 13.1. The third-order valence-corrected chi connectivity index (χ3v) is 2.53. The molecular weight excluding hydrogens is 228 g/mol. The maximum absolute atomic E-state index is 12.0. The van der Waals surface area contributed by atoms with Gasteiger partial charge in [-0.1, -0.05) is 0 Å². The maximum Gasteiger partial charge on any atom is 0.255 e. The Labute approximate surface area is 105 Å². The van der Waals surface area contributed by atoms with Crippen molar-refractivity contribution in [2.24, 2.45) is 0 Å². The summed E-state index contributed by atoms with van der Waals surface area (Å²) in [5, 5.41) is 2.77. The molecule has 18 heavy (non-hydrogen) atoms. The highest BCUT2D eigenvalue weighted by molar-refractivity contribution is 6.05. The van der Waals surface area contributed by atoms with E-state index in [4.69, 9.17) is 11.5 Å². The highest BCUT2D eigenvalue weighted by Gasteiger charge is 2.09. The smallest absolute Gasteiger partial charge is 0.255 e. The number of anilines is 3. The van der Waals surface area contributed by atoms with E-state index in [0.717, 1.165) is 5.56 Å². The number of nitrogen functional groups attached to an aromatic ring is 2. The van der Waals surface area contributed by atoms with E-state index >= 15 is 0 Å². The van der Waals surface area contributed by atoms with Crippen LogP contribution in [0.25, 0.3) is 0 Å². The summed E-state index contributed by atoms with van der Waals surface area (Å²) in [6.07, 6.45) is 3.27. The van der Waals surface area contributed by atoms with Crippen molar-refractivity contribution in [2.45, 2.75) is 6.92 Å². The second-order valence-corrected chi connectivity index (χ2v) is 4.03. The van der Waals surface area contributed by atoms with Crippen molar-refractivity contribution in [3.63, 3.8) is 0 Å². The van der Waals surface area contributed by atoms with Gasteiger partial charge in [0.25, 0.3) is 5.91 Å². The Morgan fingerprint density at radius 3 is 2.50 bits per heavy atom. The maximum atomic E-state index is 12.0. The SMILES string of the molecule is Cc1ccncc1NC(=O)c1cc(N)cc(N)c1. The number of aryl methyl sites for hydroxylation is 1. The molecule has 2 aromatic rings. The van der Waals surface area contributed by atoms with Crippen molar-refractivity contribution in [1.82, 2.24) is 4.98 Å². The molecule has 0 saturated carbocycles. The molecule has 0 atom stereocenters. The predicted molar refractivity (Wildman–Crippen MR) is 72.2 cm³/mol. The van der Waals surface area contributed by atoms with Crippen molar-refractivity contribution < 1.29 is 4.79 Å². The molecule has 5 heteroatoms. The fourth-order valence-corrected chi connectivity index (χ4v) is 1.60. The van der Waals surface area contributed by atoms with Crippen molar-refractivity contribution in [3.8, 4) is 0 Å². The summed E-state index contributed by atoms with van der Waals surface area (Å²) < 4.78 is 0. The van der Waals surface area contributed by atoms with E-state index in [0.29, 0.717) is 22.6 Å². The Morgan fingerprint density at radius 1 is 1.22 bits per heavy atom. The minimum atomic E-state index is -0.259. The summed E-state index contributed by atoms with van der Waals surface area (Å²) in [4.78, 5) is 16.0. The summed E-state index contributed by atoms with van der Waals surface area (Å²) in [5.41, 5.74) is 14.3. The van der Waals surface area contributed by atoms with Gasteiger partial charge >= 0.3 is 0 Å². The quantitative estimate of drug-likeness (QED) is 0.700. The van der Waals surface area contributed by atoms with Crippen LogP contribution in [0.1, 0.15) is 15.9 Å². The first-order valence-electron chi connectivity index (χ1n) is 5.44. The van der Waals surface area contributed by atoms with Gasteiger partial charge in [-0.3, -0.25) is 9.78 Å². The number of carbonyl (C=O) groups excluding carboxylic acids is 1. The minimum absolute atomic E-state index is 0.259. The second kappa shape index (κ2) is 4.75. The summed E-state index contributed by atoms with van der Waals surface area (Å²) >= 11 is 0. The average Bonchev–Trinajstić information content (AvgIpc) is 2.31. The lowest BCUT2D eigenvalue weighted by Gasteiger charge is -2.08. The zero-order valence-electron chi connectivity index (χ0n) is 9.97. The van der Waals surface area contributed by atoms with E-state index in [1.807, 2.05) is 13.0 Å². The first-order valence-corrected chi connectivity index (χ1v) is 5.44. The second-order valence-electron chi connectivity index (χ2n) is 4.03. The lowest BCUT2D eigenvalue weighted by Crippen LogP contribution is -2.13. The lowest BCUT2D eigenvalue weighted by atomic mass is 10.1. The van der Waals surface area contributed by atoms with Gasteiger partial charge in [-0.05, 0) is 36.8 Å². The van der Waals surface area contributed by atoms with Gasteiger partial charge in [-0.2, -0.15) is 0 Å². The zero-order valence-corrected chi connectivity index (χ0v) is 9.97. The molecule has 0 spiro atoms. The number of aromatic nitrogens is 1. The van der Waals surface area contributed by atoms with Gasteiger partial charge in [0.2, 0.25) is 0 Å². The minimum Gasteiger partial charge on any atom is -0.399 e. The van der Waals surface area contributed by atoms with Gasteiger partial charge in [0.15, 0.2) is 0 Å². The van der Waals surface area contributed by atoms with Crippen LogP contribution in [-0.4, -0.2) is 10.9 Å². The van der Waals surface area contributed by atoms with Gasteiger partial charge in [-0.15, -0.1) is 0 Å². The predicted octanol–water partition coefficient (Wildman–Crippen LogP) is 1.81. The van der Waals surface area contributed by atoms with Gasteiger partial charge in [-0.25, -0.2) is 0 Å².